The zero-order valence-electron chi connectivity index (χ0n) is 19.3. The average Bonchev–Trinajstić information content (AvgIpc) is 2.88. The van der Waals surface area contributed by atoms with E-state index < -0.39 is 0 Å². The van der Waals surface area contributed by atoms with E-state index in [0.29, 0.717) is 0 Å². The van der Waals surface area contributed by atoms with Crippen molar-refractivity contribution in [2.75, 3.05) is 0 Å². The second-order valence-electron chi connectivity index (χ2n) is 10.6. The first-order valence-corrected chi connectivity index (χ1v) is 14.2. The van der Waals surface area contributed by atoms with Crippen LogP contribution in [0.2, 0.25) is 0 Å². The average molecular weight is 586 g/mol. The summed E-state index contributed by atoms with van der Waals surface area (Å²) in [6.07, 6.45) is 10.4. The third kappa shape index (κ3) is 3.20. The van der Waals surface area contributed by atoms with Crippen LogP contribution in [0.5, 0.6) is 0 Å². The summed E-state index contributed by atoms with van der Waals surface area (Å²) in [4.78, 5) is 28.0. The molecule has 0 bridgehead atoms. The van der Waals surface area contributed by atoms with Crippen LogP contribution < -0.4 is 0 Å². The molecule has 6 heteroatoms. The number of rotatable bonds is 3. The lowest BCUT2D eigenvalue weighted by Gasteiger charge is -2.68. The predicted molar refractivity (Wildman–Crippen MR) is 138 cm³/mol. The van der Waals surface area contributed by atoms with Gasteiger partial charge in [-0.25, -0.2) is 10.0 Å². The maximum absolute atomic E-state index is 14.0. The quantitative estimate of drug-likeness (QED) is 0.350. The molecule has 2 saturated carbocycles. The number of carbonyl (C=O) groups is 2. The van der Waals surface area contributed by atoms with Crippen LogP contribution in [0.15, 0.2) is 57.5 Å². The number of β-lactam (4-membered cyclic amide) rings is 2. The summed E-state index contributed by atoms with van der Waals surface area (Å²) in [6, 6.07) is 16.6. The predicted octanol–water partition coefficient (Wildman–Crippen LogP) is 7.49. The lowest BCUT2D eigenvalue weighted by molar-refractivity contribution is -0.264. The van der Waals surface area contributed by atoms with E-state index in [-0.39, 0.29) is 34.7 Å². The number of hydrazine groups is 1. The van der Waals surface area contributed by atoms with E-state index in [9.17, 15) is 9.59 Å². The van der Waals surface area contributed by atoms with Crippen LogP contribution in [0.3, 0.4) is 0 Å². The Kier molecular flexibility index (Phi) is 5.68. The fourth-order valence-corrected chi connectivity index (χ4v) is 7.78. The minimum absolute atomic E-state index is 0.0729. The van der Waals surface area contributed by atoms with E-state index >= 15 is 0 Å². The molecule has 2 amide bonds. The van der Waals surface area contributed by atoms with Gasteiger partial charge in [-0.1, -0.05) is 94.7 Å². The summed E-state index contributed by atoms with van der Waals surface area (Å²) in [5.74, 6) is 0.308. The summed E-state index contributed by atoms with van der Waals surface area (Å²) in [7, 11) is 0. The molecule has 6 rings (SSSR count). The lowest BCUT2D eigenvalue weighted by atomic mass is 9.58. The summed E-state index contributed by atoms with van der Waals surface area (Å²) in [5.41, 5.74) is 1.53. The van der Waals surface area contributed by atoms with Crippen molar-refractivity contribution in [1.82, 2.24) is 10.0 Å². The van der Waals surface area contributed by atoms with E-state index in [2.05, 4.69) is 80.4 Å². The molecule has 2 aliphatic carbocycles. The molecular weight excluding hydrogens is 556 g/mol. The summed E-state index contributed by atoms with van der Waals surface area (Å²) in [6.45, 7) is 0. The molecule has 34 heavy (non-hydrogen) atoms. The number of carbonyl (C=O) groups excluding carboxylic acids is 2. The van der Waals surface area contributed by atoms with Gasteiger partial charge in [0.25, 0.3) is 11.8 Å². The molecule has 2 aromatic carbocycles. The fourth-order valence-electron chi connectivity index (χ4n) is 7.26. The molecule has 4 nitrogen and oxygen atoms in total. The Hall–Kier alpha value is -1.66. The van der Waals surface area contributed by atoms with Gasteiger partial charge in [0, 0.05) is 8.95 Å². The number of halogens is 2. The maximum Gasteiger partial charge on any atom is 0.250 e. The van der Waals surface area contributed by atoms with Crippen LogP contribution in [0.25, 0.3) is 0 Å². The van der Waals surface area contributed by atoms with Crippen molar-refractivity contribution in [3.8, 4) is 0 Å². The van der Waals surface area contributed by atoms with Gasteiger partial charge in [-0.3, -0.25) is 9.59 Å². The van der Waals surface area contributed by atoms with Gasteiger partial charge in [0.15, 0.2) is 0 Å². The Labute approximate surface area is 218 Å². The number of benzene rings is 2. The number of hydrogen-bond acceptors (Lipinski definition) is 2. The monoisotopic (exact) mass is 584 g/mol. The van der Waals surface area contributed by atoms with Crippen LogP contribution in [0.4, 0.5) is 0 Å². The summed E-state index contributed by atoms with van der Waals surface area (Å²) < 4.78 is 2.06. The lowest BCUT2D eigenvalue weighted by Crippen LogP contribution is -2.77. The third-order valence-electron chi connectivity index (χ3n) is 8.90. The van der Waals surface area contributed by atoms with Gasteiger partial charge < -0.3 is 0 Å². The molecule has 4 fully saturated rings. The first-order valence-electron chi connectivity index (χ1n) is 12.7. The molecule has 2 aliphatic heterocycles. The van der Waals surface area contributed by atoms with E-state index in [1.165, 1.54) is 12.8 Å². The Bertz CT molecular complexity index is 1010. The van der Waals surface area contributed by atoms with Gasteiger partial charge in [0.2, 0.25) is 0 Å². The SMILES string of the molecule is O=C1N(N2C(=O)C3(CCCCC3)[C@@H]2c2ccc(Br)cc2)[C@@H](c2ccc(Br)cc2)C12CCCCC2. The normalized spacial score (nSPS) is 27.6. The molecule has 0 N–H and O–H groups in total. The number of amides is 2. The third-order valence-corrected chi connectivity index (χ3v) is 9.96. The first kappa shape index (κ1) is 22.8. The second-order valence-corrected chi connectivity index (χ2v) is 12.5. The molecule has 0 aromatic heterocycles. The topological polar surface area (TPSA) is 40.6 Å². The zero-order chi connectivity index (χ0) is 23.5. The van der Waals surface area contributed by atoms with Gasteiger partial charge in [0.1, 0.15) is 0 Å². The number of hydrogen-bond donors (Lipinski definition) is 0. The van der Waals surface area contributed by atoms with Crippen molar-refractivity contribution in [3.63, 3.8) is 0 Å². The molecule has 2 aromatic rings. The van der Waals surface area contributed by atoms with Crippen LogP contribution in [-0.4, -0.2) is 21.8 Å². The molecule has 2 heterocycles. The number of nitrogens with zero attached hydrogens (tertiary/aromatic N) is 2. The van der Waals surface area contributed by atoms with Gasteiger partial charge >= 0.3 is 0 Å². The fraction of sp³-hybridized carbons (Fsp3) is 0.500. The Balaban J connectivity index is 1.43. The summed E-state index contributed by atoms with van der Waals surface area (Å²) >= 11 is 7.11. The minimum Gasteiger partial charge on any atom is -0.272 e. The van der Waals surface area contributed by atoms with Gasteiger partial charge in [-0.05, 0) is 61.1 Å². The van der Waals surface area contributed by atoms with Crippen molar-refractivity contribution in [2.24, 2.45) is 10.8 Å². The molecule has 2 saturated heterocycles. The van der Waals surface area contributed by atoms with Crippen molar-refractivity contribution < 1.29 is 9.59 Å². The molecule has 4 aliphatic rings. The standard InChI is InChI=1S/C28H30Br2N2O2/c29-21-11-7-19(8-12-21)23-27(15-3-1-4-16-27)25(33)31(23)32-24(20-9-13-22(30)14-10-20)28(26(32)34)17-5-2-6-18-28/h7-14,23-24H,1-6,15-18H2/t23-,24-/m0/s1. The smallest absolute Gasteiger partial charge is 0.250 e. The Morgan fingerprint density at radius 2 is 0.882 bits per heavy atom. The maximum atomic E-state index is 14.0. The zero-order valence-corrected chi connectivity index (χ0v) is 22.5. The van der Waals surface area contributed by atoms with Crippen molar-refractivity contribution >= 4 is 43.7 Å². The summed E-state index contributed by atoms with van der Waals surface area (Å²) in [5, 5.41) is 3.73. The highest BCUT2D eigenvalue weighted by atomic mass is 79.9. The molecule has 2 atom stereocenters. The largest absolute Gasteiger partial charge is 0.272 e. The Morgan fingerprint density at radius 3 is 1.21 bits per heavy atom. The molecule has 0 unspecified atom stereocenters. The van der Waals surface area contributed by atoms with Crippen LogP contribution >= 0.6 is 31.9 Å². The van der Waals surface area contributed by atoms with Gasteiger partial charge in [0.05, 0.1) is 22.9 Å². The van der Waals surface area contributed by atoms with Crippen LogP contribution in [0, 0.1) is 10.8 Å². The van der Waals surface area contributed by atoms with Crippen molar-refractivity contribution in [1.29, 1.82) is 0 Å². The first-order chi connectivity index (χ1) is 16.5. The van der Waals surface area contributed by atoms with E-state index in [0.717, 1.165) is 71.4 Å². The second kappa shape index (κ2) is 8.48. The molecular formula is C28H30Br2N2O2. The molecule has 178 valence electrons. The van der Waals surface area contributed by atoms with Crippen LogP contribution in [-0.2, 0) is 9.59 Å². The highest BCUT2D eigenvalue weighted by Gasteiger charge is 2.71. The van der Waals surface area contributed by atoms with E-state index in [4.69, 9.17) is 0 Å². The highest BCUT2D eigenvalue weighted by molar-refractivity contribution is 9.10. The Morgan fingerprint density at radius 1 is 0.559 bits per heavy atom. The van der Waals surface area contributed by atoms with Crippen LogP contribution in [0.1, 0.15) is 87.4 Å². The van der Waals surface area contributed by atoms with Crippen molar-refractivity contribution in [3.05, 3.63) is 68.6 Å². The van der Waals surface area contributed by atoms with Gasteiger partial charge in [-0.15, -0.1) is 0 Å². The molecule has 2 spiro atoms. The van der Waals surface area contributed by atoms with Gasteiger partial charge in [-0.2, -0.15) is 0 Å². The highest BCUT2D eigenvalue weighted by Crippen LogP contribution is 2.65. The minimum atomic E-state index is -0.369. The molecule has 0 radical (unpaired) electrons. The van der Waals surface area contributed by atoms with E-state index in [1.807, 2.05) is 10.0 Å². The van der Waals surface area contributed by atoms with E-state index in [1.54, 1.807) is 0 Å². The van der Waals surface area contributed by atoms with Crippen molar-refractivity contribution in [2.45, 2.75) is 76.3 Å².